The summed E-state index contributed by atoms with van der Waals surface area (Å²) in [7, 11) is 0. The molecule has 0 radical (unpaired) electrons. The third-order valence-electron chi connectivity index (χ3n) is 2.56. The summed E-state index contributed by atoms with van der Waals surface area (Å²) in [5.74, 6) is -0.402. The quantitative estimate of drug-likeness (QED) is 0.656. The molecule has 1 amide bonds. The molecule has 0 aromatic rings. The smallest absolute Gasteiger partial charge is 0.259 e. The van der Waals surface area contributed by atoms with Crippen molar-refractivity contribution in [3.05, 3.63) is 12.7 Å². The number of hydrogen-bond donors (Lipinski definition) is 0. The minimum atomic E-state index is -1.75. The molecule has 0 aromatic heterocycles. The number of nitrogens with zero attached hydrogens (tertiary/aromatic N) is 2. The number of rotatable bonds is 3. The Kier molecular flexibility index (Phi) is 3.85. The first-order chi connectivity index (χ1) is 6.95. The van der Waals surface area contributed by atoms with Crippen LogP contribution >= 0.6 is 0 Å². The van der Waals surface area contributed by atoms with Crippen molar-refractivity contribution in [3.8, 4) is 0 Å². The second-order valence-electron chi connectivity index (χ2n) is 4.35. The van der Waals surface area contributed by atoms with Crippen molar-refractivity contribution in [1.82, 2.24) is 9.80 Å². The summed E-state index contributed by atoms with van der Waals surface area (Å²) >= 11 is 0. The fraction of sp³-hybridized carbons (Fsp3) is 0.727. The van der Waals surface area contributed by atoms with Crippen LogP contribution in [0.3, 0.4) is 0 Å². The highest BCUT2D eigenvalue weighted by Gasteiger charge is 2.33. The fourth-order valence-corrected chi connectivity index (χ4v) is 1.69. The average Bonchev–Trinajstić information content (AvgIpc) is 2.17. The van der Waals surface area contributed by atoms with Crippen LogP contribution in [0.5, 0.6) is 0 Å². The van der Waals surface area contributed by atoms with E-state index in [0.717, 1.165) is 19.6 Å². The maximum atomic E-state index is 13.4. The van der Waals surface area contributed by atoms with E-state index in [1.807, 2.05) is 6.08 Å². The fourth-order valence-electron chi connectivity index (χ4n) is 1.69. The first-order valence-corrected chi connectivity index (χ1v) is 5.26. The summed E-state index contributed by atoms with van der Waals surface area (Å²) in [4.78, 5) is 15.4. The number of carbonyl (C=O) groups excluding carboxylic acids is 1. The lowest BCUT2D eigenvalue weighted by Gasteiger charge is -2.36. The maximum Gasteiger partial charge on any atom is 0.259 e. The predicted molar refractivity (Wildman–Crippen MR) is 58.4 cm³/mol. The topological polar surface area (TPSA) is 23.6 Å². The van der Waals surface area contributed by atoms with E-state index >= 15 is 0 Å². The number of carbonyl (C=O) groups is 1. The van der Waals surface area contributed by atoms with Crippen LogP contribution in [0.2, 0.25) is 0 Å². The van der Waals surface area contributed by atoms with Crippen molar-refractivity contribution in [2.24, 2.45) is 0 Å². The van der Waals surface area contributed by atoms with Crippen molar-refractivity contribution >= 4 is 5.91 Å². The molecular formula is C11H19FN2O. The van der Waals surface area contributed by atoms with E-state index in [0.29, 0.717) is 13.1 Å². The summed E-state index contributed by atoms with van der Waals surface area (Å²) in [6.45, 7) is 9.94. The van der Waals surface area contributed by atoms with Gasteiger partial charge in [0.1, 0.15) is 0 Å². The van der Waals surface area contributed by atoms with Gasteiger partial charge in [0.2, 0.25) is 0 Å². The molecule has 0 aliphatic carbocycles. The lowest BCUT2D eigenvalue weighted by atomic mass is 10.1. The van der Waals surface area contributed by atoms with Gasteiger partial charge in [0.15, 0.2) is 5.67 Å². The largest absolute Gasteiger partial charge is 0.337 e. The minimum Gasteiger partial charge on any atom is -0.337 e. The van der Waals surface area contributed by atoms with Crippen LogP contribution in [0, 0.1) is 0 Å². The van der Waals surface area contributed by atoms with E-state index in [-0.39, 0.29) is 0 Å². The van der Waals surface area contributed by atoms with E-state index in [1.54, 1.807) is 4.90 Å². The second-order valence-corrected chi connectivity index (χ2v) is 4.35. The van der Waals surface area contributed by atoms with Gasteiger partial charge in [-0.1, -0.05) is 6.08 Å². The number of halogens is 1. The highest BCUT2D eigenvalue weighted by molar-refractivity contribution is 5.84. The van der Waals surface area contributed by atoms with Crippen molar-refractivity contribution in [1.29, 1.82) is 0 Å². The van der Waals surface area contributed by atoms with Crippen LogP contribution < -0.4 is 0 Å². The van der Waals surface area contributed by atoms with Gasteiger partial charge in [0, 0.05) is 32.7 Å². The summed E-state index contributed by atoms with van der Waals surface area (Å²) in [5, 5.41) is 0. The summed E-state index contributed by atoms with van der Waals surface area (Å²) in [6, 6.07) is 0. The van der Waals surface area contributed by atoms with Crippen molar-refractivity contribution in [2.45, 2.75) is 19.5 Å². The molecule has 1 heterocycles. The van der Waals surface area contributed by atoms with E-state index in [2.05, 4.69) is 11.5 Å². The Bertz CT molecular complexity index is 239. The molecule has 1 aliphatic rings. The lowest BCUT2D eigenvalue weighted by molar-refractivity contribution is -0.143. The van der Waals surface area contributed by atoms with Crippen LogP contribution in [-0.2, 0) is 4.79 Å². The van der Waals surface area contributed by atoms with Crippen LogP contribution in [0.25, 0.3) is 0 Å². The number of hydrogen-bond acceptors (Lipinski definition) is 2. The molecule has 4 heteroatoms. The van der Waals surface area contributed by atoms with Gasteiger partial charge >= 0.3 is 0 Å². The molecule has 0 N–H and O–H groups in total. The molecule has 1 rings (SSSR count). The Labute approximate surface area is 90.5 Å². The zero-order valence-electron chi connectivity index (χ0n) is 9.50. The number of alkyl halides is 1. The molecule has 86 valence electrons. The molecule has 0 spiro atoms. The monoisotopic (exact) mass is 214 g/mol. The molecule has 0 bridgehead atoms. The Balaban J connectivity index is 2.44. The molecule has 0 unspecified atom stereocenters. The summed E-state index contributed by atoms with van der Waals surface area (Å²) in [6.07, 6.45) is 1.84. The van der Waals surface area contributed by atoms with Gasteiger partial charge in [-0.2, -0.15) is 0 Å². The third-order valence-corrected chi connectivity index (χ3v) is 2.56. The SMILES string of the molecule is C=CCN1CCN(C(=O)C(C)(C)F)CC1. The summed E-state index contributed by atoms with van der Waals surface area (Å²) in [5.41, 5.74) is -1.75. The molecule has 0 aromatic carbocycles. The first kappa shape index (κ1) is 12.2. The second kappa shape index (κ2) is 4.75. The van der Waals surface area contributed by atoms with Gasteiger partial charge in [-0.3, -0.25) is 9.69 Å². The number of piperazine rings is 1. The number of amides is 1. The van der Waals surface area contributed by atoms with E-state index in [1.165, 1.54) is 13.8 Å². The van der Waals surface area contributed by atoms with Crippen molar-refractivity contribution in [3.63, 3.8) is 0 Å². The zero-order chi connectivity index (χ0) is 11.5. The lowest BCUT2D eigenvalue weighted by Crippen LogP contribution is -2.52. The molecule has 1 aliphatic heterocycles. The molecular weight excluding hydrogens is 195 g/mol. The Morgan fingerprint density at radius 3 is 2.33 bits per heavy atom. The maximum absolute atomic E-state index is 13.4. The summed E-state index contributed by atoms with van der Waals surface area (Å²) < 4.78 is 13.4. The van der Waals surface area contributed by atoms with Crippen LogP contribution in [0.4, 0.5) is 4.39 Å². The Hall–Kier alpha value is -0.900. The van der Waals surface area contributed by atoms with Crippen LogP contribution in [0.1, 0.15) is 13.8 Å². The van der Waals surface area contributed by atoms with Crippen LogP contribution in [-0.4, -0.2) is 54.1 Å². The van der Waals surface area contributed by atoms with E-state index in [4.69, 9.17) is 0 Å². The minimum absolute atomic E-state index is 0.402. The molecule has 3 nitrogen and oxygen atoms in total. The zero-order valence-corrected chi connectivity index (χ0v) is 9.50. The Morgan fingerprint density at radius 2 is 1.93 bits per heavy atom. The van der Waals surface area contributed by atoms with E-state index in [9.17, 15) is 9.18 Å². The highest BCUT2D eigenvalue weighted by atomic mass is 19.1. The molecule has 1 saturated heterocycles. The molecule has 15 heavy (non-hydrogen) atoms. The molecule has 0 atom stereocenters. The van der Waals surface area contributed by atoms with Gasteiger partial charge < -0.3 is 4.90 Å². The van der Waals surface area contributed by atoms with Gasteiger partial charge in [-0.05, 0) is 13.8 Å². The van der Waals surface area contributed by atoms with Crippen molar-refractivity contribution < 1.29 is 9.18 Å². The van der Waals surface area contributed by atoms with Gasteiger partial charge in [0.05, 0.1) is 0 Å². The molecule has 0 saturated carbocycles. The highest BCUT2D eigenvalue weighted by Crippen LogP contribution is 2.14. The van der Waals surface area contributed by atoms with Gasteiger partial charge in [-0.25, -0.2) is 4.39 Å². The van der Waals surface area contributed by atoms with E-state index < -0.39 is 11.6 Å². The first-order valence-electron chi connectivity index (χ1n) is 5.26. The van der Waals surface area contributed by atoms with Crippen molar-refractivity contribution in [2.75, 3.05) is 32.7 Å². The molecule has 1 fully saturated rings. The normalized spacial score (nSPS) is 19.0. The third kappa shape index (κ3) is 3.30. The average molecular weight is 214 g/mol. The van der Waals surface area contributed by atoms with Crippen LogP contribution in [0.15, 0.2) is 12.7 Å². The predicted octanol–water partition coefficient (Wildman–Crippen LogP) is 1.06. The Morgan fingerprint density at radius 1 is 1.40 bits per heavy atom. The van der Waals surface area contributed by atoms with Gasteiger partial charge in [0.25, 0.3) is 5.91 Å². The van der Waals surface area contributed by atoms with Gasteiger partial charge in [-0.15, -0.1) is 6.58 Å². The standard InChI is InChI=1S/C11H19FN2O/c1-4-5-13-6-8-14(9-7-13)10(15)11(2,3)12/h4H,1,5-9H2,2-3H3.